The zero-order valence-electron chi connectivity index (χ0n) is 12.3. The van der Waals surface area contributed by atoms with Gasteiger partial charge in [0.05, 0.1) is 0 Å². The van der Waals surface area contributed by atoms with Crippen molar-refractivity contribution >= 4 is 5.69 Å². The molecule has 3 rings (SSSR count). The molecule has 2 nitrogen and oxygen atoms in total. The molecule has 0 aromatic heterocycles. The first kappa shape index (κ1) is 14.1. The molecule has 0 saturated heterocycles. The van der Waals surface area contributed by atoms with Crippen molar-refractivity contribution in [2.45, 2.75) is 32.0 Å². The largest absolute Gasteiger partial charge is 0.370 e. The second-order valence-corrected chi connectivity index (χ2v) is 5.81. The van der Waals surface area contributed by atoms with Gasteiger partial charge in [-0.25, -0.2) is 4.39 Å². The Balaban J connectivity index is 1.62. The quantitative estimate of drug-likeness (QED) is 0.870. The first-order valence-corrected chi connectivity index (χ1v) is 7.48. The highest BCUT2D eigenvalue weighted by Gasteiger charge is 2.19. The van der Waals surface area contributed by atoms with E-state index in [1.807, 2.05) is 19.2 Å². The molecule has 0 atom stereocenters. The van der Waals surface area contributed by atoms with Crippen LogP contribution in [0.2, 0.25) is 0 Å². The molecular weight excluding hydrogens is 263 g/mol. The van der Waals surface area contributed by atoms with Gasteiger partial charge in [0.2, 0.25) is 0 Å². The number of halogens is 1. The zero-order valence-corrected chi connectivity index (χ0v) is 12.3. The van der Waals surface area contributed by atoms with Crippen LogP contribution in [0.3, 0.4) is 0 Å². The van der Waals surface area contributed by atoms with E-state index in [0.29, 0.717) is 0 Å². The van der Waals surface area contributed by atoms with Crippen LogP contribution in [0.4, 0.5) is 10.1 Å². The normalized spacial score (nSPS) is 14.2. The van der Waals surface area contributed by atoms with E-state index < -0.39 is 0 Å². The summed E-state index contributed by atoms with van der Waals surface area (Å²) in [5.74, 6) is -0.194. The maximum Gasteiger partial charge on any atom is 0.123 e. The Morgan fingerprint density at radius 1 is 1.10 bits per heavy atom. The molecule has 110 valence electrons. The van der Waals surface area contributed by atoms with Crippen LogP contribution in [0.15, 0.2) is 48.5 Å². The second kappa shape index (κ2) is 6.27. The Kier molecular flexibility index (Phi) is 4.20. The maximum atomic E-state index is 13.0. The highest BCUT2D eigenvalue weighted by Crippen LogP contribution is 2.20. The molecule has 0 radical (unpaired) electrons. The lowest BCUT2D eigenvalue weighted by Gasteiger charge is -2.19. The van der Waals surface area contributed by atoms with Gasteiger partial charge in [0.25, 0.3) is 0 Å². The molecule has 2 aromatic rings. The van der Waals surface area contributed by atoms with E-state index >= 15 is 0 Å². The Morgan fingerprint density at radius 3 is 2.52 bits per heavy atom. The lowest BCUT2D eigenvalue weighted by Crippen LogP contribution is -2.17. The zero-order chi connectivity index (χ0) is 14.7. The fourth-order valence-electron chi connectivity index (χ4n) is 2.45. The topological polar surface area (TPSA) is 15.3 Å². The van der Waals surface area contributed by atoms with Gasteiger partial charge >= 0.3 is 0 Å². The molecule has 1 fully saturated rings. The fourth-order valence-corrected chi connectivity index (χ4v) is 2.45. The van der Waals surface area contributed by atoms with E-state index in [2.05, 4.69) is 34.5 Å². The van der Waals surface area contributed by atoms with Gasteiger partial charge < -0.3 is 10.2 Å². The van der Waals surface area contributed by atoms with Gasteiger partial charge in [0.1, 0.15) is 5.82 Å². The van der Waals surface area contributed by atoms with Gasteiger partial charge in [-0.05, 0) is 48.2 Å². The molecule has 0 aliphatic heterocycles. The molecule has 0 bridgehead atoms. The van der Waals surface area contributed by atoms with Crippen LogP contribution in [0.5, 0.6) is 0 Å². The summed E-state index contributed by atoms with van der Waals surface area (Å²) in [7, 11) is 2.03. The Labute approximate surface area is 125 Å². The van der Waals surface area contributed by atoms with Crippen LogP contribution in [-0.2, 0) is 13.1 Å². The summed E-state index contributed by atoms with van der Waals surface area (Å²) in [6.07, 6.45) is 2.62. The van der Waals surface area contributed by atoms with Crippen LogP contribution in [0, 0.1) is 5.82 Å². The summed E-state index contributed by atoms with van der Waals surface area (Å²) < 4.78 is 13.0. The molecule has 1 aliphatic rings. The second-order valence-electron chi connectivity index (χ2n) is 5.81. The molecule has 0 unspecified atom stereocenters. The highest BCUT2D eigenvalue weighted by molar-refractivity contribution is 5.46. The van der Waals surface area contributed by atoms with Crippen LogP contribution < -0.4 is 10.2 Å². The minimum absolute atomic E-state index is 0.194. The van der Waals surface area contributed by atoms with Gasteiger partial charge in [-0.3, -0.25) is 0 Å². The average Bonchev–Trinajstić information content (AvgIpc) is 3.30. The fraction of sp³-hybridized carbons (Fsp3) is 0.333. The number of nitrogens with zero attached hydrogens (tertiary/aromatic N) is 1. The minimum atomic E-state index is -0.194. The van der Waals surface area contributed by atoms with Gasteiger partial charge in [-0.15, -0.1) is 0 Å². The van der Waals surface area contributed by atoms with Gasteiger partial charge in [-0.1, -0.05) is 24.3 Å². The lowest BCUT2D eigenvalue weighted by atomic mass is 10.1. The van der Waals surface area contributed by atoms with Crippen molar-refractivity contribution in [3.05, 3.63) is 65.5 Å². The van der Waals surface area contributed by atoms with Crippen molar-refractivity contribution in [3.63, 3.8) is 0 Å². The van der Waals surface area contributed by atoms with Crippen LogP contribution in [0.1, 0.15) is 24.0 Å². The third kappa shape index (κ3) is 4.05. The summed E-state index contributed by atoms with van der Waals surface area (Å²) in [5, 5.41) is 3.54. The Morgan fingerprint density at radius 2 is 1.81 bits per heavy atom. The van der Waals surface area contributed by atoms with Crippen molar-refractivity contribution in [1.29, 1.82) is 0 Å². The van der Waals surface area contributed by atoms with Gasteiger partial charge in [0.15, 0.2) is 0 Å². The molecule has 3 heteroatoms. The van der Waals surface area contributed by atoms with E-state index in [9.17, 15) is 4.39 Å². The van der Waals surface area contributed by atoms with Crippen molar-refractivity contribution in [1.82, 2.24) is 5.32 Å². The SMILES string of the molecule is CN(Cc1cccc(CNC2CC2)c1)c1ccc(F)cc1. The van der Waals surface area contributed by atoms with Crippen molar-refractivity contribution < 1.29 is 4.39 Å². The number of hydrogen-bond donors (Lipinski definition) is 1. The number of rotatable bonds is 6. The molecule has 21 heavy (non-hydrogen) atoms. The Hall–Kier alpha value is -1.87. The molecule has 0 amide bonds. The lowest BCUT2D eigenvalue weighted by molar-refractivity contribution is 0.627. The molecule has 2 aromatic carbocycles. The predicted molar refractivity (Wildman–Crippen MR) is 84.8 cm³/mol. The number of hydrogen-bond acceptors (Lipinski definition) is 2. The van der Waals surface area contributed by atoms with E-state index in [1.165, 1.54) is 36.1 Å². The summed E-state index contributed by atoms with van der Waals surface area (Å²) in [4.78, 5) is 2.13. The van der Waals surface area contributed by atoms with Crippen LogP contribution in [0.25, 0.3) is 0 Å². The van der Waals surface area contributed by atoms with E-state index in [1.54, 1.807) is 0 Å². The van der Waals surface area contributed by atoms with Gasteiger partial charge in [0, 0.05) is 31.9 Å². The highest BCUT2D eigenvalue weighted by atomic mass is 19.1. The molecular formula is C18H21FN2. The van der Waals surface area contributed by atoms with Gasteiger partial charge in [-0.2, -0.15) is 0 Å². The monoisotopic (exact) mass is 284 g/mol. The standard InChI is InChI=1S/C18H21FN2/c1-21(18-9-5-16(19)6-10-18)13-15-4-2-3-14(11-15)12-20-17-7-8-17/h2-6,9-11,17,20H,7-8,12-13H2,1H3. The van der Waals surface area contributed by atoms with Crippen molar-refractivity contribution in [2.24, 2.45) is 0 Å². The summed E-state index contributed by atoms with van der Waals surface area (Å²) >= 11 is 0. The Bertz CT molecular complexity index is 590. The molecule has 0 spiro atoms. The van der Waals surface area contributed by atoms with Crippen LogP contribution >= 0.6 is 0 Å². The minimum Gasteiger partial charge on any atom is -0.370 e. The van der Waals surface area contributed by atoms with Crippen molar-refractivity contribution in [2.75, 3.05) is 11.9 Å². The summed E-state index contributed by atoms with van der Waals surface area (Å²) in [6.45, 7) is 1.77. The third-order valence-electron chi connectivity index (χ3n) is 3.85. The van der Waals surface area contributed by atoms with Crippen molar-refractivity contribution in [3.8, 4) is 0 Å². The van der Waals surface area contributed by atoms with E-state index in [0.717, 1.165) is 24.8 Å². The van der Waals surface area contributed by atoms with E-state index in [-0.39, 0.29) is 5.82 Å². The molecule has 0 heterocycles. The average molecular weight is 284 g/mol. The summed E-state index contributed by atoms with van der Waals surface area (Å²) in [6, 6.07) is 16.0. The number of anilines is 1. The molecule has 1 N–H and O–H groups in total. The molecule has 1 saturated carbocycles. The first-order valence-electron chi connectivity index (χ1n) is 7.48. The third-order valence-corrected chi connectivity index (χ3v) is 3.85. The van der Waals surface area contributed by atoms with Crippen LogP contribution in [-0.4, -0.2) is 13.1 Å². The maximum absolute atomic E-state index is 13.0. The van der Waals surface area contributed by atoms with E-state index in [4.69, 9.17) is 0 Å². The summed E-state index contributed by atoms with van der Waals surface area (Å²) in [5.41, 5.74) is 3.63. The first-order chi connectivity index (χ1) is 10.2. The number of benzene rings is 2. The predicted octanol–water partition coefficient (Wildman–Crippen LogP) is 3.71. The molecule has 1 aliphatic carbocycles. The smallest absolute Gasteiger partial charge is 0.123 e. The number of nitrogens with one attached hydrogen (secondary N) is 1.